The van der Waals surface area contributed by atoms with E-state index < -0.39 is 4.92 Å². The molecule has 0 radical (unpaired) electrons. The Morgan fingerprint density at radius 3 is 2.43 bits per heavy atom. The summed E-state index contributed by atoms with van der Waals surface area (Å²) in [7, 11) is 0. The second-order valence-corrected chi connectivity index (χ2v) is 5.90. The molecule has 0 saturated heterocycles. The topological polar surface area (TPSA) is 72.2 Å². The Hall–Kier alpha value is -2.11. The molecular weight excluding hydrogens is 339 g/mol. The number of nitrogens with one attached hydrogen (secondary N) is 1. The molecule has 0 fully saturated rings. The highest BCUT2D eigenvalue weighted by Crippen LogP contribution is 2.26. The van der Waals surface area contributed by atoms with Crippen LogP contribution in [0.3, 0.4) is 0 Å². The van der Waals surface area contributed by atoms with Crippen LogP contribution in [0.2, 0.25) is 10.0 Å². The van der Waals surface area contributed by atoms with E-state index in [0.29, 0.717) is 15.6 Å². The molecule has 0 aromatic heterocycles. The lowest BCUT2D eigenvalue weighted by Gasteiger charge is -2.16. The summed E-state index contributed by atoms with van der Waals surface area (Å²) in [5.41, 5.74) is 1.46. The monoisotopic (exact) mass is 352 g/mol. The molecule has 120 valence electrons. The van der Waals surface area contributed by atoms with Gasteiger partial charge in [-0.05, 0) is 30.2 Å². The molecule has 0 bridgehead atoms. The normalized spacial score (nSPS) is 11.8. The number of nitrogens with zero attached hydrogens (tertiary/aromatic N) is 1. The van der Waals surface area contributed by atoms with Gasteiger partial charge in [-0.25, -0.2) is 0 Å². The third kappa shape index (κ3) is 4.68. The van der Waals surface area contributed by atoms with Gasteiger partial charge in [-0.3, -0.25) is 14.9 Å². The van der Waals surface area contributed by atoms with Crippen LogP contribution in [0, 0.1) is 10.1 Å². The molecule has 1 N–H and O–H groups in total. The minimum Gasteiger partial charge on any atom is -0.349 e. The number of carbonyl (C=O) groups excluding carboxylic acids is 1. The van der Waals surface area contributed by atoms with Crippen LogP contribution in [-0.2, 0) is 11.2 Å². The van der Waals surface area contributed by atoms with E-state index in [1.165, 1.54) is 12.1 Å². The van der Waals surface area contributed by atoms with Crippen molar-refractivity contribution >= 4 is 34.8 Å². The van der Waals surface area contributed by atoms with E-state index in [2.05, 4.69) is 5.32 Å². The van der Waals surface area contributed by atoms with Crippen molar-refractivity contribution in [2.45, 2.75) is 19.4 Å². The summed E-state index contributed by atoms with van der Waals surface area (Å²) in [6.45, 7) is 1.82. The zero-order valence-electron chi connectivity index (χ0n) is 12.3. The fourth-order valence-corrected chi connectivity index (χ4v) is 2.72. The zero-order valence-corrected chi connectivity index (χ0v) is 13.8. The van der Waals surface area contributed by atoms with Crippen LogP contribution < -0.4 is 5.32 Å². The Balaban J connectivity index is 1.99. The maximum absolute atomic E-state index is 12.1. The van der Waals surface area contributed by atoms with E-state index in [1.54, 1.807) is 30.3 Å². The zero-order chi connectivity index (χ0) is 17.0. The standard InChI is InChI=1S/C16H14Cl2N2O3/c1-10(14-7-4-12(17)9-15(14)18)19-16(21)8-11-2-5-13(6-3-11)20(22)23/h2-7,9-10H,8H2,1H3,(H,19,21)/t10-/m1/s1. The van der Waals surface area contributed by atoms with E-state index in [1.807, 2.05) is 6.92 Å². The Labute approximate surface area is 143 Å². The first-order chi connectivity index (χ1) is 10.9. The molecule has 5 nitrogen and oxygen atoms in total. The molecular formula is C16H14Cl2N2O3. The van der Waals surface area contributed by atoms with Gasteiger partial charge in [-0.1, -0.05) is 41.4 Å². The molecule has 1 atom stereocenters. The van der Waals surface area contributed by atoms with E-state index in [9.17, 15) is 14.9 Å². The number of rotatable bonds is 5. The van der Waals surface area contributed by atoms with E-state index in [0.717, 1.165) is 5.56 Å². The van der Waals surface area contributed by atoms with Gasteiger partial charge >= 0.3 is 0 Å². The number of halogens is 2. The number of hydrogen-bond donors (Lipinski definition) is 1. The molecule has 23 heavy (non-hydrogen) atoms. The highest BCUT2D eigenvalue weighted by molar-refractivity contribution is 6.35. The summed E-state index contributed by atoms with van der Waals surface area (Å²) in [5, 5.41) is 14.5. The van der Waals surface area contributed by atoms with Crippen LogP contribution in [0.25, 0.3) is 0 Å². The number of hydrogen-bond acceptors (Lipinski definition) is 3. The second kappa shape index (κ2) is 7.44. The van der Waals surface area contributed by atoms with E-state index >= 15 is 0 Å². The molecule has 0 spiro atoms. The second-order valence-electron chi connectivity index (χ2n) is 5.06. The third-order valence-electron chi connectivity index (χ3n) is 3.32. The van der Waals surface area contributed by atoms with Crippen LogP contribution in [0.15, 0.2) is 42.5 Å². The van der Waals surface area contributed by atoms with Crippen molar-refractivity contribution in [1.82, 2.24) is 5.32 Å². The maximum Gasteiger partial charge on any atom is 0.269 e. The largest absolute Gasteiger partial charge is 0.349 e. The molecule has 2 aromatic rings. The van der Waals surface area contributed by atoms with Crippen molar-refractivity contribution in [2.75, 3.05) is 0 Å². The molecule has 1 amide bonds. The summed E-state index contributed by atoms with van der Waals surface area (Å²) < 4.78 is 0. The van der Waals surface area contributed by atoms with Crippen LogP contribution in [0.4, 0.5) is 5.69 Å². The van der Waals surface area contributed by atoms with Crippen LogP contribution >= 0.6 is 23.2 Å². The van der Waals surface area contributed by atoms with Crippen molar-refractivity contribution in [3.05, 3.63) is 73.8 Å². The Morgan fingerprint density at radius 1 is 1.22 bits per heavy atom. The summed E-state index contributed by atoms with van der Waals surface area (Å²) >= 11 is 12.0. The van der Waals surface area contributed by atoms with Crippen molar-refractivity contribution < 1.29 is 9.72 Å². The van der Waals surface area contributed by atoms with Gasteiger partial charge in [0, 0.05) is 22.2 Å². The van der Waals surface area contributed by atoms with Gasteiger partial charge in [-0.15, -0.1) is 0 Å². The molecule has 0 saturated carbocycles. The highest BCUT2D eigenvalue weighted by Gasteiger charge is 2.14. The lowest BCUT2D eigenvalue weighted by atomic mass is 10.1. The van der Waals surface area contributed by atoms with Gasteiger partial charge in [0.15, 0.2) is 0 Å². The fraction of sp³-hybridized carbons (Fsp3) is 0.188. The smallest absolute Gasteiger partial charge is 0.269 e. The van der Waals surface area contributed by atoms with Crippen molar-refractivity contribution in [2.24, 2.45) is 0 Å². The number of amides is 1. The molecule has 7 heteroatoms. The number of non-ortho nitro benzene ring substituents is 1. The average molecular weight is 353 g/mol. The van der Waals surface area contributed by atoms with Crippen molar-refractivity contribution in [3.8, 4) is 0 Å². The Kier molecular flexibility index (Phi) is 5.58. The summed E-state index contributed by atoms with van der Waals surface area (Å²) in [4.78, 5) is 22.2. The minimum absolute atomic E-state index is 0.00419. The predicted molar refractivity (Wildman–Crippen MR) is 89.8 cm³/mol. The van der Waals surface area contributed by atoms with Crippen LogP contribution in [0.5, 0.6) is 0 Å². The molecule has 0 aliphatic heterocycles. The minimum atomic E-state index is -0.478. The molecule has 0 unspecified atom stereocenters. The average Bonchev–Trinajstić information content (AvgIpc) is 2.47. The van der Waals surface area contributed by atoms with Gasteiger partial charge in [0.05, 0.1) is 17.4 Å². The quantitative estimate of drug-likeness (QED) is 0.643. The lowest BCUT2D eigenvalue weighted by Crippen LogP contribution is -2.28. The van der Waals surface area contributed by atoms with E-state index in [4.69, 9.17) is 23.2 Å². The SMILES string of the molecule is C[C@@H](NC(=O)Cc1ccc([N+](=O)[O-])cc1)c1ccc(Cl)cc1Cl. The summed E-state index contributed by atoms with van der Waals surface area (Å²) in [6, 6.07) is 10.7. The number of benzene rings is 2. The predicted octanol–water partition coefficient (Wildman–Crippen LogP) is 4.32. The Bertz CT molecular complexity index is 733. The molecule has 0 aliphatic carbocycles. The Morgan fingerprint density at radius 2 is 1.87 bits per heavy atom. The van der Waals surface area contributed by atoms with Gasteiger partial charge in [0.25, 0.3) is 5.69 Å². The van der Waals surface area contributed by atoms with Crippen molar-refractivity contribution in [3.63, 3.8) is 0 Å². The first kappa shape index (κ1) is 17.2. The van der Waals surface area contributed by atoms with Gasteiger partial charge in [0.2, 0.25) is 5.91 Å². The summed E-state index contributed by atoms with van der Waals surface area (Å²) in [5.74, 6) is -0.197. The number of nitro benzene ring substituents is 1. The fourth-order valence-electron chi connectivity index (χ4n) is 2.14. The van der Waals surface area contributed by atoms with Crippen LogP contribution in [-0.4, -0.2) is 10.8 Å². The van der Waals surface area contributed by atoms with Crippen molar-refractivity contribution in [1.29, 1.82) is 0 Å². The maximum atomic E-state index is 12.1. The molecule has 0 aliphatic rings. The van der Waals surface area contributed by atoms with Gasteiger partial charge < -0.3 is 5.32 Å². The third-order valence-corrected chi connectivity index (χ3v) is 3.88. The van der Waals surface area contributed by atoms with Crippen LogP contribution in [0.1, 0.15) is 24.1 Å². The van der Waals surface area contributed by atoms with Gasteiger partial charge in [-0.2, -0.15) is 0 Å². The highest BCUT2D eigenvalue weighted by atomic mass is 35.5. The van der Waals surface area contributed by atoms with Gasteiger partial charge in [0.1, 0.15) is 0 Å². The number of nitro groups is 1. The lowest BCUT2D eigenvalue weighted by molar-refractivity contribution is -0.384. The first-order valence-electron chi connectivity index (χ1n) is 6.84. The van der Waals surface area contributed by atoms with E-state index in [-0.39, 0.29) is 24.1 Å². The first-order valence-corrected chi connectivity index (χ1v) is 7.60. The number of carbonyl (C=O) groups is 1. The summed E-state index contributed by atoms with van der Waals surface area (Å²) in [6.07, 6.45) is 0.132. The molecule has 2 rings (SSSR count). The molecule has 0 heterocycles. The molecule has 2 aromatic carbocycles.